The molecule has 2 aromatic rings. The highest BCUT2D eigenvalue weighted by molar-refractivity contribution is 6.30. The van der Waals surface area contributed by atoms with Crippen LogP contribution in [0.5, 0.6) is 0 Å². The minimum absolute atomic E-state index is 0.172. The first-order chi connectivity index (χ1) is 11.1. The lowest BCUT2D eigenvalue weighted by Crippen LogP contribution is -2.42. The fourth-order valence-electron chi connectivity index (χ4n) is 1.67. The lowest BCUT2D eigenvalue weighted by molar-refractivity contribution is -0.120. The number of hydrogen-bond donors (Lipinski definition) is 3. The number of aromatic nitrogens is 1. The molecule has 0 bridgehead atoms. The van der Waals surface area contributed by atoms with Gasteiger partial charge in [0, 0.05) is 17.4 Å². The van der Waals surface area contributed by atoms with Crippen LogP contribution in [0, 0.1) is 0 Å². The third-order valence-corrected chi connectivity index (χ3v) is 3.13. The maximum atomic E-state index is 11.8. The van der Waals surface area contributed by atoms with Gasteiger partial charge in [0.05, 0.1) is 17.8 Å². The summed E-state index contributed by atoms with van der Waals surface area (Å²) in [4.78, 5) is 27.3. The molecule has 0 spiro atoms. The molecule has 2 rings (SSSR count). The number of nitrogens with zero attached hydrogens (tertiary/aromatic N) is 1. The number of benzene rings is 1. The fourth-order valence-corrected chi connectivity index (χ4v) is 1.80. The van der Waals surface area contributed by atoms with Crippen LogP contribution in [0.3, 0.4) is 0 Å². The van der Waals surface area contributed by atoms with E-state index >= 15 is 0 Å². The average molecular weight is 331 g/mol. The van der Waals surface area contributed by atoms with Crippen LogP contribution in [0.25, 0.3) is 5.70 Å². The number of carbonyl (C=O) groups is 2. The van der Waals surface area contributed by atoms with Crippen molar-refractivity contribution in [2.24, 2.45) is 0 Å². The Morgan fingerprint density at radius 1 is 1.09 bits per heavy atom. The number of amides is 2. The summed E-state index contributed by atoms with van der Waals surface area (Å²) in [7, 11) is 0. The standard InChI is InChI=1S/C16H15ClN4O2/c1-11(12-4-6-14(17)7-5-12)20-21-15(22)10-19-16(23)13-3-2-8-18-9-13/h2-9,20H,1,10H2,(H,19,23)(H,21,22). The van der Waals surface area contributed by atoms with E-state index < -0.39 is 5.91 Å². The highest BCUT2D eigenvalue weighted by Crippen LogP contribution is 2.13. The number of nitrogens with one attached hydrogen (secondary N) is 3. The van der Waals surface area contributed by atoms with Crippen molar-refractivity contribution >= 4 is 29.1 Å². The van der Waals surface area contributed by atoms with E-state index in [1.165, 1.54) is 6.20 Å². The second-order valence-electron chi connectivity index (χ2n) is 4.58. The second-order valence-corrected chi connectivity index (χ2v) is 5.02. The van der Waals surface area contributed by atoms with Crippen LogP contribution in [0.4, 0.5) is 0 Å². The van der Waals surface area contributed by atoms with E-state index in [-0.39, 0.29) is 12.5 Å². The fraction of sp³-hybridized carbons (Fsp3) is 0.0625. The zero-order chi connectivity index (χ0) is 16.7. The summed E-state index contributed by atoms with van der Waals surface area (Å²) in [6, 6.07) is 10.2. The summed E-state index contributed by atoms with van der Waals surface area (Å²) in [5.41, 5.74) is 6.81. The normalized spacial score (nSPS) is 9.78. The van der Waals surface area contributed by atoms with Gasteiger partial charge in [-0.1, -0.05) is 30.3 Å². The summed E-state index contributed by atoms with van der Waals surface area (Å²) < 4.78 is 0. The van der Waals surface area contributed by atoms with Crippen LogP contribution < -0.4 is 16.2 Å². The molecule has 3 N–H and O–H groups in total. The van der Waals surface area contributed by atoms with Crippen molar-refractivity contribution in [2.75, 3.05) is 6.54 Å². The van der Waals surface area contributed by atoms with Gasteiger partial charge >= 0.3 is 0 Å². The lowest BCUT2D eigenvalue weighted by Gasteiger charge is -2.11. The Balaban J connectivity index is 1.76. The molecule has 0 saturated carbocycles. The zero-order valence-electron chi connectivity index (χ0n) is 12.2. The highest BCUT2D eigenvalue weighted by Gasteiger charge is 2.08. The van der Waals surface area contributed by atoms with Gasteiger partial charge in [-0.15, -0.1) is 0 Å². The first kappa shape index (κ1) is 16.5. The zero-order valence-corrected chi connectivity index (χ0v) is 12.9. The topological polar surface area (TPSA) is 83.1 Å². The molecule has 1 aromatic carbocycles. The predicted molar refractivity (Wildman–Crippen MR) is 88.3 cm³/mol. The van der Waals surface area contributed by atoms with Crippen molar-refractivity contribution in [2.45, 2.75) is 0 Å². The van der Waals surface area contributed by atoms with Crippen molar-refractivity contribution in [1.29, 1.82) is 0 Å². The number of pyridine rings is 1. The van der Waals surface area contributed by atoms with E-state index in [1.54, 1.807) is 42.6 Å². The summed E-state index contributed by atoms with van der Waals surface area (Å²) in [5.74, 6) is -0.776. The Bertz CT molecular complexity index is 702. The van der Waals surface area contributed by atoms with Crippen molar-refractivity contribution in [3.8, 4) is 0 Å². The van der Waals surface area contributed by atoms with Gasteiger partial charge in [0.25, 0.3) is 11.8 Å². The quantitative estimate of drug-likeness (QED) is 0.705. The third-order valence-electron chi connectivity index (χ3n) is 2.88. The maximum absolute atomic E-state index is 11.8. The molecule has 7 heteroatoms. The van der Waals surface area contributed by atoms with E-state index in [1.807, 2.05) is 0 Å². The first-order valence-corrected chi connectivity index (χ1v) is 7.12. The van der Waals surface area contributed by atoms with Gasteiger partial charge in [-0.05, 0) is 29.8 Å². The molecular weight excluding hydrogens is 316 g/mol. The van der Waals surface area contributed by atoms with Gasteiger partial charge in [-0.25, -0.2) is 0 Å². The van der Waals surface area contributed by atoms with E-state index in [2.05, 4.69) is 27.7 Å². The number of hydrazine groups is 1. The molecule has 118 valence electrons. The van der Waals surface area contributed by atoms with Gasteiger partial charge in [0.2, 0.25) is 0 Å². The average Bonchev–Trinajstić information content (AvgIpc) is 2.59. The van der Waals surface area contributed by atoms with E-state index in [4.69, 9.17) is 11.6 Å². The Kier molecular flexibility index (Phi) is 5.71. The van der Waals surface area contributed by atoms with Crippen LogP contribution in [0.15, 0.2) is 55.4 Å². The van der Waals surface area contributed by atoms with E-state index in [0.29, 0.717) is 16.3 Å². The molecule has 1 aromatic heterocycles. The molecule has 2 amide bonds. The van der Waals surface area contributed by atoms with Gasteiger partial charge in [0.15, 0.2) is 0 Å². The Hall–Kier alpha value is -2.86. The van der Waals surface area contributed by atoms with Crippen molar-refractivity contribution in [1.82, 2.24) is 21.2 Å². The molecule has 0 aliphatic carbocycles. The highest BCUT2D eigenvalue weighted by atomic mass is 35.5. The van der Waals surface area contributed by atoms with Gasteiger partial charge in [-0.3, -0.25) is 25.4 Å². The smallest absolute Gasteiger partial charge is 0.257 e. The van der Waals surface area contributed by atoms with E-state index in [0.717, 1.165) is 5.56 Å². The van der Waals surface area contributed by atoms with Gasteiger partial charge in [-0.2, -0.15) is 0 Å². The molecule has 23 heavy (non-hydrogen) atoms. The number of carbonyl (C=O) groups excluding carboxylic acids is 2. The molecule has 6 nitrogen and oxygen atoms in total. The van der Waals surface area contributed by atoms with Crippen LogP contribution in [0.2, 0.25) is 5.02 Å². The van der Waals surface area contributed by atoms with Crippen LogP contribution >= 0.6 is 11.6 Å². The van der Waals surface area contributed by atoms with Crippen LogP contribution in [0.1, 0.15) is 15.9 Å². The molecule has 0 radical (unpaired) electrons. The summed E-state index contributed by atoms with van der Waals surface area (Å²) in [5, 5.41) is 3.11. The second kappa shape index (κ2) is 7.95. The third kappa shape index (κ3) is 5.12. The summed E-state index contributed by atoms with van der Waals surface area (Å²) in [6.07, 6.45) is 2.99. The number of rotatable bonds is 6. The Morgan fingerprint density at radius 3 is 2.48 bits per heavy atom. The predicted octanol–water partition coefficient (Wildman–Crippen LogP) is 1.76. The molecule has 1 heterocycles. The lowest BCUT2D eigenvalue weighted by atomic mass is 10.2. The molecule has 0 saturated heterocycles. The minimum atomic E-state index is -0.405. The van der Waals surface area contributed by atoms with Crippen molar-refractivity contribution in [3.05, 3.63) is 71.5 Å². The van der Waals surface area contributed by atoms with Gasteiger partial charge in [0.1, 0.15) is 0 Å². The van der Waals surface area contributed by atoms with E-state index in [9.17, 15) is 9.59 Å². The molecule has 0 atom stereocenters. The SMILES string of the molecule is C=C(NNC(=O)CNC(=O)c1cccnc1)c1ccc(Cl)cc1. The molecular formula is C16H15ClN4O2. The maximum Gasteiger partial charge on any atom is 0.257 e. The molecule has 0 aliphatic heterocycles. The minimum Gasteiger partial charge on any atom is -0.343 e. The van der Waals surface area contributed by atoms with Crippen LogP contribution in [-0.4, -0.2) is 23.3 Å². The van der Waals surface area contributed by atoms with Gasteiger partial charge < -0.3 is 5.32 Å². The Labute approximate surface area is 138 Å². The molecule has 0 unspecified atom stereocenters. The largest absolute Gasteiger partial charge is 0.343 e. The number of halogens is 1. The van der Waals surface area contributed by atoms with Crippen LogP contribution in [-0.2, 0) is 4.79 Å². The Morgan fingerprint density at radius 2 is 1.83 bits per heavy atom. The number of hydrogen-bond acceptors (Lipinski definition) is 4. The molecule has 0 fully saturated rings. The van der Waals surface area contributed by atoms with Crippen molar-refractivity contribution < 1.29 is 9.59 Å². The van der Waals surface area contributed by atoms with Crippen molar-refractivity contribution in [3.63, 3.8) is 0 Å². The molecule has 0 aliphatic rings. The summed E-state index contributed by atoms with van der Waals surface area (Å²) >= 11 is 5.80. The monoisotopic (exact) mass is 330 g/mol. The first-order valence-electron chi connectivity index (χ1n) is 6.74. The summed E-state index contributed by atoms with van der Waals surface area (Å²) in [6.45, 7) is 3.63.